The number of hydrogen-bond donors (Lipinski definition) is 1. The molecule has 0 saturated heterocycles. The monoisotopic (exact) mass is 372 g/mol. The number of rotatable bonds is 5. The number of hydrogen-bond acceptors (Lipinski definition) is 5. The fourth-order valence-electron chi connectivity index (χ4n) is 2.78. The van der Waals surface area contributed by atoms with Gasteiger partial charge in [0.05, 0.1) is 24.4 Å². The number of benzene rings is 3. The van der Waals surface area contributed by atoms with E-state index in [9.17, 15) is 4.39 Å². The van der Waals surface area contributed by atoms with Crippen molar-refractivity contribution in [1.82, 2.24) is 9.97 Å². The summed E-state index contributed by atoms with van der Waals surface area (Å²) in [5.74, 6) is 1.22. The molecular formula is C22H17FN4O. The van der Waals surface area contributed by atoms with Gasteiger partial charge in [0.2, 0.25) is 0 Å². The number of hydrazone groups is 1. The van der Waals surface area contributed by atoms with Crippen LogP contribution in [0.4, 0.5) is 10.2 Å². The molecule has 4 aromatic rings. The maximum atomic E-state index is 14.2. The highest BCUT2D eigenvalue weighted by Crippen LogP contribution is 2.26. The number of fused-ring (bicyclic) bond motifs is 1. The van der Waals surface area contributed by atoms with Crippen LogP contribution in [0.2, 0.25) is 0 Å². The zero-order chi connectivity index (χ0) is 19.3. The average Bonchev–Trinajstić information content (AvgIpc) is 2.74. The molecule has 0 unspecified atom stereocenters. The van der Waals surface area contributed by atoms with E-state index in [1.54, 1.807) is 31.5 Å². The molecule has 1 N–H and O–H groups in total. The van der Waals surface area contributed by atoms with Crippen LogP contribution in [-0.4, -0.2) is 23.3 Å². The summed E-state index contributed by atoms with van der Waals surface area (Å²) in [5, 5.41) is 5.08. The van der Waals surface area contributed by atoms with Crippen LogP contribution < -0.4 is 10.2 Å². The van der Waals surface area contributed by atoms with Crippen molar-refractivity contribution in [2.45, 2.75) is 0 Å². The van der Waals surface area contributed by atoms with Crippen LogP contribution in [-0.2, 0) is 0 Å². The number of halogens is 1. The fourth-order valence-corrected chi connectivity index (χ4v) is 2.78. The van der Waals surface area contributed by atoms with Gasteiger partial charge in [0.1, 0.15) is 11.6 Å². The van der Waals surface area contributed by atoms with Crippen LogP contribution in [0.5, 0.6) is 5.75 Å². The van der Waals surface area contributed by atoms with Gasteiger partial charge in [-0.3, -0.25) is 5.43 Å². The molecule has 0 amide bonds. The van der Waals surface area contributed by atoms with Gasteiger partial charge in [-0.1, -0.05) is 24.3 Å². The third-order valence-corrected chi connectivity index (χ3v) is 4.22. The summed E-state index contributed by atoms with van der Waals surface area (Å²) in [6, 6.07) is 21.5. The maximum absolute atomic E-state index is 14.2. The lowest BCUT2D eigenvalue weighted by Crippen LogP contribution is -2.00. The molecule has 6 heteroatoms. The van der Waals surface area contributed by atoms with Crippen LogP contribution in [0.3, 0.4) is 0 Å². The summed E-state index contributed by atoms with van der Waals surface area (Å²) in [6.45, 7) is 0. The summed E-state index contributed by atoms with van der Waals surface area (Å²) < 4.78 is 19.4. The van der Waals surface area contributed by atoms with Crippen LogP contribution >= 0.6 is 0 Å². The third kappa shape index (κ3) is 3.66. The number of anilines is 1. The summed E-state index contributed by atoms with van der Waals surface area (Å²) in [4.78, 5) is 8.99. The molecule has 0 atom stereocenters. The Kier molecular flexibility index (Phi) is 4.93. The normalized spacial score (nSPS) is 11.1. The topological polar surface area (TPSA) is 59.4 Å². The van der Waals surface area contributed by atoms with Crippen molar-refractivity contribution in [2.75, 3.05) is 12.5 Å². The van der Waals surface area contributed by atoms with Gasteiger partial charge in [-0.05, 0) is 54.1 Å². The Morgan fingerprint density at radius 2 is 1.68 bits per heavy atom. The first kappa shape index (κ1) is 17.6. The van der Waals surface area contributed by atoms with Gasteiger partial charge in [-0.15, -0.1) is 0 Å². The summed E-state index contributed by atoms with van der Waals surface area (Å²) in [6.07, 6.45) is 1.68. The minimum absolute atomic E-state index is 0.305. The summed E-state index contributed by atoms with van der Waals surface area (Å²) in [5.41, 5.74) is 4.91. The highest BCUT2D eigenvalue weighted by Gasteiger charge is 2.11. The number of methoxy groups -OCH3 is 1. The number of nitrogens with zero attached hydrogens (tertiary/aromatic N) is 3. The quantitative estimate of drug-likeness (QED) is 0.400. The third-order valence-electron chi connectivity index (χ3n) is 4.22. The first-order chi connectivity index (χ1) is 13.7. The fraction of sp³-hybridized carbons (Fsp3) is 0.0455. The average molecular weight is 372 g/mol. The molecule has 0 spiro atoms. The van der Waals surface area contributed by atoms with Gasteiger partial charge in [-0.2, -0.15) is 5.10 Å². The molecule has 0 aliphatic heterocycles. The van der Waals surface area contributed by atoms with Crippen molar-refractivity contribution in [3.05, 3.63) is 84.2 Å². The first-order valence-electron chi connectivity index (χ1n) is 8.69. The van der Waals surface area contributed by atoms with Gasteiger partial charge in [0.25, 0.3) is 0 Å². The second-order valence-corrected chi connectivity index (χ2v) is 6.04. The zero-order valence-electron chi connectivity index (χ0n) is 15.1. The maximum Gasteiger partial charge on any atom is 0.165 e. The van der Waals surface area contributed by atoms with Gasteiger partial charge in [0, 0.05) is 5.39 Å². The van der Waals surface area contributed by atoms with Crippen molar-refractivity contribution in [3.8, 4) is 17.1 Å². The largest absolute Gasteiger partial charge is 0.497 e. The highest BCUT2D eigenvalue weighted by atomic mass is 19.1. The summed E-state index contributed by atoms with van der Waals surface area (Å²) in [7, 11) is 1.62. The van der Waals surface area contributed by atoms with Gasteiger partial charge >= 0.3 is 0 Å². The molecule has 0 fully saturated rings. The molecule has 0 aliphatic rings. The zero-order valence-corrected chi connectivity index (χ0v) is 15.1. The molecule has 5 nitrogen and oxygen atoms in total. The van der Waals surface area contributed by atoms with Crippen LogP contribution in [0.25, 0.3) is 22.3 Å². The Labute approximate surface area is 161 Å². The number of nitrogens with one attached hydrogen (secondary N) is 1. The molecule has 0 saturated carbocycles. The van der Waals surface area contributed by atoms with E-state index in [4.69, 9.17) is 4.74 Å². The van der Waals surface area contributed by atoms with Crippen molar-refractivity contribution >= 4 is 22.9 Å². The van der Waals surface area contributed by atoms with E-state index in [1.165, 1.54) is 6.07 Å². The van der Waals surface area contributed by atoms with Gasteiger partial charge in [-0.25, -0.2) is 14.4 Å². The van der Waals surface area contributed by atoms with E-state index in [1.807, 2.05) is 48.5 Å². The summed E-state index contributed by atoms with van der Waals surface area (Å²) >= 11 is 0. The lowest BCUT2D eigenvalue weighted by atomic mass is 10.1. The Balaban J connectivity index is 1.69. The van der Waals surface area contributed by atoms with Gasteiger partial charge in [0.15, 0.2) is 11.6 Å². The number of ether oxygens (including phenoxy) is 1. The second kappa shape index (κ2) is 7.84. The molecular weight excluding hydrogens is 355 g/mol. The lowest BCUT2D eigenvalue weighted by molar-refractivity contribution is 0.415. The molecule has 0 aliphatic carbocycles. The second-order valence-electron chi connectivity index (χ2n) is 6.04. The molecule has 0 radical (unpaired) electrons. The van der Waals surface area contributed by atoms with E-state index in [2.05, 4.69) is 20.5 Å². The van der Waals surface area contributed by atoms with Crippen molar-refractivity contribution < 1.29 is 9.13 Å². The van der Waals surface area contributed by atoms with Crippen molar-refractivity contribution in [2.24, 2.45) is 5.10 Å². The van der Waals surface area contributed by atoms with E-state index < -0.39 is 0 Å². The van der Waals surface area contributed by atoms with E-state index >= 15 is 0 Å². The minimum Gasteiger partial charge on any atom is -0.497 e. The Morgan fingerprint density at radius 1 is 0.929 bits per heavy atom. The molecule has 0 bridgehead atoms. The molecule has 28 heavy (non-hydrogen) atoms. The minimum atomic E-state index is -0.370. The lowest BCUT2D eigenvalue weighted by Gasteiger charge is -2.08. The molecule has 1 aromatic heterocycles. The molecule has 1 heterocycles. The number of para-hydroxylation sites is 1. The molecule has 4 rings (SSSR count). The smallest absolute Gasteiger partial charge is 0.165 e. The Hall–Kier alpha value is -3.80. The Morgan fingerprint density at radius 3 is 2.46 bits per heavy atom. The van der Waals surface area contributed by atoms with Crippen molar-refractivity contribution in [3.63, 3.8) is 0 Å². The van der Waals surface area contributed by atoms with E-state index in [0.29, 0.717) is 22.7 Å². The predicted octanol–water partition coefficient (Wildman–Crippen LogP) is 4.89. The molecule has 138 valence electrons. The number of aromatic nitrogens is 2. The van der Waals surface area contributed by atoms with Crippen molar-refractivity contribution in [1.29, 1.82) is 0 Å². The SMILES string of the molecule is COc1ccc(/C=N/Nc2nc(-c3ccccc3F)nc3ccccc23)cc1. The standard InChI is InChI=1S/C22H17FN4O/c1-28-16-12-10-15(11-13-16)14-24-27-22-18-7-3-5-9-20(18)25-21(26-22)17-6-2-4-8-19(17)23/h2-14H,1H3,(H,25,26,27)/b24-14+. The van der Waals surface area contributed by atoms with Gasteiger partial charge < -0.3 is 4.74 Å². The molecule has 3 aromatic carbocycles. The predicted molar refractivity (Wildman–Crippen MR) is 109 cm³/mol. The van der Waals surface area contributed by atoms with Crippen LogP contribution in [0, 0.1) is 5.82 Å². The highest BCUT2D eigenvalue weighted by molar-refractivity contribution is 5.91. The first-order valence-corrected chi connectivity index (χ1v) is 8.69. The van der Waals surface area contributed by atoms with Crippen LogP contribution in [0.1, 0.15) is 5.56 Å². The Bertz CT molecular complexity index is 1140. The van der Waals surface area contributed by atoms with E-state index in [0.717, 1.165) is 16.7 Å². The van der Waals surface area contributed by atoms with E-state index in [-0.39, 0.29) is 5.82 Å². The van der Waals surface area contributed by atoms with Crippen LogP contribution in [0.15, 0.2) is 77.9 Å².